The summed E-state index contributed by atoms with van der Waals surface area (Å²) in [5.41, 5.74) is 6.48. The van der Waals surface area contributed by atoms with Gasteiger partial charge in [-0.3, -0.25) is 9.48 Å². The minimum atomic E-state index is -0.494. The van der Waals surface area contributed by atoms with Crippen molar-refractivity contribution in [2.45, 2.75) is 33.4 Å². The van der Waals surface area contributed by atoms with Gasteiger partial charge in [-0.15, -0.1) is 0 Å². The van der Waals surface area contributed by atoms with Crippen molar-refractivity contribution in [3.05, 3.63) is 48.3 Å². The average Bonchev–Trinajstić information content (AvgIpc) is 2.90. The molecule has 0 saturated carbocycles. The van der Waals surface area contributed by atoms with Gasteiger partial charge in [0.25, 0.3) is 0 Å². The lowest BCUT2D eigenvalue weighted by molar-refractivity contribution is -0.118. The van der Waals surface area contributed by atoms with Crippen molar-refractivity contribution >= 4 is 17.6 Å². The summed E-state index contributed by atoms with van der Waals surface area (Å²) in [5.74, 6) is -0.494. The Balaban J connectivity index is 2.06. The van der Waals surface area contributed by atoms with E-state index in [1.165, 1.54) is 10.9 Å². The summed E-state index contributed by atoms with van der Waals surface area (Å²) in [6, 6.07) is 9.32. The molecule has 0 spiro atoms. The van der Waals surface area contributed by atoms with Crippen LogP contribution >= 0.6 is 0 Å². The molecule has 0 aliphatic carbocycles. The fraction of sp³-hybridized carbons (Fsp3) is 0.353. The predicted molar refractivity (Wildman–Crippen MR) is 92.2 cm³/mol. The maximum atomic E-state index is 12.3. The number of nitrogens with one attached hydrogen (secondary N) is 2. The summed E-state index contributed by atoms with van der Waals surface area (Å²) < 4.78 is 1.37. The minimum absolute atomic E-state index is 0.0298. The number of hydrogen-bond donors (Lipinski definition) is 3. The van der Waals surface area contributed by atoms with Crippen molar-refractivity contribution in [2.24, 2.45) is 11.1 Å². The third-order valence-electron chi connectivity index (χ3n) is 3.48. The summed E-state index contributed by atoms with van der Waals surface area (Å²) in [6.07, 6.45) is 3.02. The van der Waals surface area contributed by atoms with Crippen LogP contribution in [-0.4, -0.2) is 21.7 Å². The molecule has 3 amide bonds. The van der Waals surface area contributed by atoms with Crippen molar-refractivity contribution in [1.29, 1.82) is 0 Å². The molecule has 0 aliphatic heterocycles. The molecule has 2 aromatic rings. The normalized spacial score (nSPS) is 12.5. The van der Waals surface area contributed by atoms with Gasteiger partial charge in [0.1, 0.15) is 6.54 Å². The topological polar surface area (TPSA) is 102 Å². The Morgan fingerprint density at radius 2 is 1.92 bits per heavy atom. The number of amides is 3. The molecule has 0 unspecified atom stereocenters. The number of urea groups is 1. The molecular weight excluding hydrogens is 306 g/mol. The number of rotatable bonds is 5. The van der Waals surface area contributed by atoms with Gasteiger partial charge in [0.05, 0.1) is 17.9 Å². The standard InChI is InChI=1S/C17H23N5O2/c1-17(2,3)15(12-7-5-4-6-8-12)21-16(24)20-13-9-19-22(10-13)11-14(18)23/h4-10,15H,11H2,1-3H3,(H2,18,23)(H2,20,21,24)/t15-/m1/s1. The van der Waals surface area contributed by atoms with Crippen LogP contribution in [0.3, 0.4) is 0 Å². The monoisotopic (exact) mass is 329 g/mol. The second-order valence-corrected chi connectivity index (χ2v) is 6.70. The first-order valence-corrected chi connectivity index (χ1v) is 7.69. The van der Waals surface area contributed by atoms with Crippen LogP contribution < -0.4 is 16.4 Å². The maximum absolute atomic E-state index is 12.3. The number of nitrogens with two attached hydrogens (primary N) is 1. The number of hydrogen-bond acceptors (Lipinski definition) is 3. The van der Waals surface area contributed by atoms with Crippen LogP contribution in [0.1, 0.15) is 32.4 Å². The SMILES string of the molecule is CC(C)(C)[C@H](NC(=O)Nc1cnn(CC(N)=O)c1)c1ccccc1. The fourth-order valence-electron chi connectivity index (χ4n) is 2.42. The second kappa shape index (κ2) is 7.16. The Labute approximate surface area is 141 Å². The number of primary amides is 1. The Morgan fingerprint density at radius 1 is 1.25 bits per heavy atom. The molecule has 1 aromatic carbocycles. The Kier molecular flexibility index (Phi) is 5.23. The molecule has 7 heteroatoms. The largest absolute Gasteiger partial charge is 0.368 e. The highest BCUT2D eigenvalue weighted by Gasteiger charge is 2.27. The third kappa shape index (κ3) is 4.84. The van der Waals surface area contributed by atoms with Crippen molar-refractivity contribution in [3.63, 3.8) is 0 Å². The third-order valence-corrected chi connectivity index (χ3v) is 3.48. The van der Waals surface area contributed by atoms with Gasteiger partial charge in [-0.1, -0.05) is 51.1 Å². The number of carbonyl (C=O) groups is 2. The zero-order chi connectivity index (χ0) is 17.7. The van der Waals surface area contributed by atoms with E-state index in [2.05, 4.69) is 36.5 Å². The van der Waals surface area contributed by atoms with E-state index in [4.69, 9.17) is 5.73 Å². The molecule has 2 rings (SSSR count). The molecule has 1 heterocycles. The number of anilines is 1. The molecule has 0 fully saturated rings. The highest BCUT2D eigenvalue weighted by Crippen LogP contribution is 2.32. The smallest absolute Gasteiger partial charge is 0.319 e. The van der Waals surface area contributed by atoms with Gasteiger partial charge < -0.3 is 16.4 Å². The summed E-state index contributed by atoms with van der Waals surface area (Å²) in [6.45, 7) is 6.17. The lowest BCUT2D eigenvalue weighted by Gasteiger charge is -2.31. The van der Waals surface area contributed by atoms with Crippen molar-refractivity contribution < 1.29 is 9.59 Å². The molecule has 0 bridgehead atoms. The van der Waals surface area contributed by atoms with Gasteiger partial charge in [-0.05, 0) is 11.0 Å². The second-order valence-electron chi connectivity index (χ2n) is 6.70. The molecule has 4 N–H and O–H groups in total. The van der Waals surface area contributed by atoms with Crippen molar-refractivity contribution in [2.75, 3.05) is 5.32 Å². The summed E-state index contributed by atoms with van der Waals surface area (Å²) in [5, 5.41) is 9.68. The Morgan fingerprint density at radius 3 is 2.50 bits per heavy atom. The summed E-state index contributed by atoms with van der Waals surface area (Å²) >= 11 is 0. The van der Waals surface area contributed by atoms with Crippen LogP contribution in [0, 0.1) is 5.41 Å². The zero-order valence-electron chi connectivity index (χ0n) is 14.1. The Bertz CT molecular complexity index is 703. The maximum Gasteiger partial charge on any atom is 0.319 e. The Hall–Kier alpha value is -2.83. The number of benzene rings is 1. The molecule has 0 saturated heterocycles. The van der Waals surface area contributed by atoms with Gasteiger partial charge in [0.2, 0.25) is 5.91 Å². The lowest BCUT2D eigenvalue weighted by atomic mass is 9.82. The molecule has 0 radical (unpaired) electrons. The first-order valence-electron chi connectivity index (χ1n) is 7.69. The van der Waals surface area contributed by atoms with Gasteiger partial charge in [-0.25, -0.2) is 4.79 Å². The van der Waals surface area contributed by atoms with Crippen LogP contribution in [0.5, 0.6) is 0 Å². The van der Waals surface area contributed by atoms with E-state index in [1.54, 1.807) is 6.20 Å². The van der Waals surface area contributed by atoms with Gasteiger partial charge in [-0.2, -0.15) is 5.10 Å². The molecule has 128 valence electrons. The van der Waals surface area contributed by atoms with E-state index in [0.717, 1.165) is 5.56 Å². The first-order chi connectivity index (χ1) is 11.3. The van der Waals surface area contributed by atoms with E-state index in [9.17, 15) is 9.59 Å². The predicted octanol–water partition coefficient (Wildman–Crippen LogP) is 2.28. The number of aromatic nitrogens is 2. The highest BCUT2D eigenvalue weighted by atomic mass is 16.2. The van der Waals surface area contributed by atoms with E-state index in [0.29, 0.717) is 5.69 Å². The van der Waals surface area contributed by atoms with Crippen LogP contribution in [0.4, 0.5) is 10.5 Å². The highest BCUT2D eigenvalue weighted by molar-refractivity contribution is 5.89. The summed E-state index contributed by atoms with van der Waals surface area (Å²) in [7, 11) is 0. The lowest BCUT2D eigenvalue weighted by Crippen LogP contribution is -2.39. The fourth-order valence-corrected chi connectivity index (χ4v) is 2.42. The van der Waals surface area contributed by atoms with E-state index in [1.807, 2.05) is 30.3 Å². The van der Waals surface area contributed by atoms with Gasteiger partial charge in [0.15, 0.2) is 0 Å². The van der Waals surface area contributed by atoms with Crippen LogP contribution in [0.25, 0.3) is 0 Å². The molecule has 24 heavy (non-hydrogen) atoms. The van der Waals surface area contributed by atoms with Crippen molar-refractivity contribution in [3.8, 4) is 0 Å². The molecule has 7 nitrogen and oxygen atoms in total. The van der Waals surface area contributed by atoms with Crippen LogP contribution in [0.15, 0.2) is 42.7 Å². The van der Waals surface area contributed by atoms with Gasteiger partial charge >= 0.3 is 6.03 Å². The minimum Gasteiger partial charge on any atom is -0.368 e. The van der Waals surface area contributed by atoms with Crippen LogP contribution in [-0.2, 0) is 11.3 Å². The van der Waals surface area contributed by atoms with E-state index >= 15 is 0 Å². The van der Waals surface area contributed by atoms with Crippen LogP contribution in [0.2, 0.25) is 0 Å². The first kappa shape index (κ1) is 17.5. The molecule has 1 aromatic heterocycles. The average molecular weight is 329 g/mol. The molecular formula is C17H23N5O2. The molecule has 0 aliphatic rings. The van der Waals surface area contributed by atoms with E-state index < -0.39 is 5.91 Å². The molecule has 1 atom stereocenters. The zero-order valence-corrected chi connectivity index (χ0v) is 14.1. The quantitative estimate of drug-likeness (QED) is 0.784. The van der Waals surface area contributed by atoms with Gasteiger partial charge in [0, 0.05) is 6.20 Å². The summed E-state index contributed by atoms with van der Waals surface area (Å²) in [4.78, 5) is 23.2. The number of nitrogens with zero attached hydrogens (tertiary/aromatic N) is 2. The van der Waals surface area contributed by atoms with Crippen molar-refractivity contribution in [1.82, 2.24) is 15.1 Å². The van der Waals surface area contributed by atoms with E-state index in [-0.39, 0.29) is 24.0 Å². The number of carbonyl (C=O) groups excluding carboxylic acids is 2.